The molecule has 0 unspecified atom stereocenters. The zero-order valence-electron chi connectivity index (χ0n) is 20.5. The number of urea groups is 1. The van der Waals surface area contributed by atoms with Gasteiger partial charge in [0.2, 0.25) is 0 Å². The number of carbonyl (C=O) groups excluding carboxylic acids is 2. The summed E-state index contributed by atoms with van der Waals surface area (Å²) < 4.78 is 5.23. The first-order valence-corrected chi connectivity index (χ1v) is 12.1. The molecule has 0 bridgehead atoms. The highest BCUT2D eigenvalue weighted by Gasteiger charge is 2.56. The predicted molar refractivity (Wildman–Crippen MR) is 133 cm³/mol. The lowest BCUT2D eigenvalue weighted by Crippen LogP contribution is -2.56. The van der Waals surface area contributed by atoms with E-state index in [1.165, 1.54) is 4.90 Å². The van der Waals surface area contributed by atoms with Crippen LogP contribution >= 0.6 is 0 Å². The minimum atomic E-state index is -0.765. The molecular weight excluding hydrogens is 442 g/mol. The highest BCUT2D eigenvalue weighted by molar-refractivity contribution is 6.06. The van der Waals surface area contributed by atoms with Crippen LogP contribution in [0.4, 0.5) is 4.79 Å². The number of likely N-dealkylation sites (N-methyl/N-ethyl adjacent to an activating group) is 1. The summed E-state index contributed by atoms with van der Waals surface area (Å²) in [6.07, 6.45) is 1.92. The molecule has 8 heteroatoms. The van der Waals surface area contributed by atoms with E-state index in [0.29, 0.717) is 32.4 Å². The number of ether oxygens (including phenoxy) is 1. The van der Waals surface area contributed by atoms with Crippen molar-refractivity contribution in [3.8, 4) is 5.75 Å². The number of methoxy groups -OCH3 is 1. The molecule has 0 aliphatic carbocycles. The Balaban J connectivity index is 1.29. The molecule has 0 atom stereocenters. The first-order valence-electron chi connectivity index (χ1n) is 12.1. The molecule has 2 aliphatic heterocycles. The number of likely N-dealkylation sites (tertiary alicyclic amines) is 1. The zero-order valence-corrected chi connectivity index (χ0v) is 20.5. The van der Waals surface area contributed by atoms with Gasteiger partial charge >= 0.3 is 6.03 Å². The van der Waals surface area contributed by atoms with Gasteiger partial charge in [-0.3, -0.25) is 14.6 Å². The first kappa shape index (κ1) is 23.2. The number of aromatic nitrogens is 2. The Kier molecular flexibility index (Phi) is 6.15. The van der Waals surface area contributed by atoms with E-state index in [0.717, 1.165) is 46.8 Å². The van der Waals surface area contributed by atoms with E-state index >= 15 is 0 Å². The lowest BCUT2D eigenvalue weighted by molar-refractivity contribution is -0.134. The van der Waals surface area contributed by atoms with Gasteiger partial charge in [0, 0.05) is 33.2 Å². The average molecular weight is 474 g/mol. The van der Waals surface area contributed by atoms with Gasteiger partial charge in [0.25, 0.3) is 5.91 Å². The summed E-state index contributed by atoms with van der Waals surface area (Å²) in [5.41, 5.74) is 4.03. The molecule has 0 N–H and O–H groups in total. The fourth-order valence-corrected chi connectivity index (χ4v) is 5.27. The normalized spacial score (nSPS) is 18.1. The Morgan fingerprint density at radius 2 is 1.63 bits per heavy atom. The largest absolute Gasteiger partial charge is 0.497 e. The van der Waals surface area contributed by atoms with E-state index in [1.54, 1.807) is 19.1 Å². The van der Waals surface area contributed by atoms with Crippen molar-refractivity contribution in [2.45, 2.75) is 38.3 Å². The molecule has 35 heavy (non-hydrogen) atoms. The van der Waals surface area contributed by atoms with E-state index in [-0.39, 0.29) is 11.9 Å². The summed E-state index contributed by atoms with van der Waals surface area (Å²) in [6.45, 7) is 4.63. The number of hydrogen-bond donors (Lipinski definition) is 0. The lowest BCUT2D eigenvalue weighted by Gasteiger charge is -2.42. The van der Waals surface area contributed by atoms with Gasteiger partial charge in [-0.25, -0.2) is 14.8 Å². The molecule has 2 aromatic carbocycles. The van der Waals surface area contributed by atoms with Crippen molar-refractivity contribution in [3.05, 3.63) is 65.5 Å². The Morgan fingerprint density at radius 3 is 2.29 bits per heavy atom. The van der Waals surface area contributed by atoms with Crippen LogP contribution in [0.3, 0.4) is 0 Å². The maximum absolute atomic E-state index is 13.3. The SMILES string of the molecule is COc1ccc(CCN2C(=O)N(C)C(=O)C23CCN(Cc2nc4ccccc4nc2C)CC3)cc1. The van der Waals surface area contributed by atoms with Crippen LogP contribution in [0.5, 0.6) is 5.75 Å². The summed E-state index contributed by atoms with van der Waals surface area (Å²) in [4.78, 5) is 41.3. The molecule has 0 radical (unpaired) electrons. The van der Waals surface area contributed by atoms with Crippen molar-refractivity contribution in [3.63, 3.8) is 0 Å². The van der Waals surface area contributed by atoms with Gasteiger partial charge in [0.15, 0.2) is 0 Å². The minimum Gasteiger partial charge on any atom is -0.497 e. The molecule has 0 saturated carbocycles. The Bertz CT molecular complexity index is 1250. The predicted octanol–water partition coefficient (Wildman–Crippen LogP) is 3.42. The Labute approximate surface area is 205 Å². The minimum absolute atomic E-state index is 0.0847. The van der Waals surface area contributed by atoms with Crippen LogP contribution in [0, 0.1) is 6.92 Å². The van der Waals surface area contributed by atoms with Crippen molar-refractivity contribution >= 4 is 23.0 Å². The molecule has 8 nitrogen and oxygen atoms in total. The molecule has 1 spiro atoms. The highest BCUT2D eigenvalue weighted by Crippen LogP contribution is 2.37. The van der Waals surface area contributed by atoms with E-state index in [2.05, 4.69) is 4.90 Å². The topological polar surface area (TPSA) is 78.9 Å². The van der Waals surface area contributed by atoms with Crippen LogP contribution in [-0.2, 0) is 17.8 Å². The van der Waals surface area contributed by atoms with Gasteiger partial charge < -0.3 is 9.64 Å². The third-order valence-electron chi connectivity index (χ3n) is 7.42. The van der Waals surface area contributed by atoms with Gasteiger partial charge in [0.05, 0.1) is 29.5 Å². The number of fused-ring (bicyclic) bond motifs is 1. The van der Waals surface area contributed by atoms with Gasteiger partial charge in [0.1, 0.15) is 11.3 Å². The number of imide groups is 1. The van der Waals surface area contributed by atoms with Gasteiger partial charge in [-0.15, -0.1) is 0 Å². The number of piperidine rings is 1. The summed E-state index contributed by atoms with van der Waals surface area (Å²) in [5, 5.41) is 0. The molecular formula is C27H31N5O3. The summed E-state index contributed by atoms with van der Waals surface area (Å²) in [5.74, 6) is 0.717. The average Bonchev–Trinajstić information content (AvgIpc) is 3.05. The maximum atomic E-state index is 13.3. The number of benzene rings is 2. The molecule has 5 rings (SSSR count). The van der Waals surface area contributed by atoms with Crippen molar-refractivity contribution in [2.75, 3.05) is 33.8 Å². The van der Waals surface area contributed by atoms with Crippen LogP contribution in [0.15, 0.2) is 48.5 Å². The van der Waals surface area contributed by atoms with Crippen LogP contribution in [0.2, 0.25) is 0 Å². The molecule has 2 saturated heterocycles. The molecule has 2 fully saturated rings. The second-order valence-electron chi connectivity index (χ2n) is 9.45. The highest BCUT2D eigenvalue weighted by atomic mass is 16.5. The quantitative estimate of drug-likeness (QED) is 0.511. The summed E-state index contributed by atoms with van der Waals surface area (Å²) in [7, 11) is 3.24. The summed E-state index contributed by atoms with van der Waals surface area (Å²) in [6, 6.07) is 15.6. The molecule has 3 amide bonds. The Morgan fingerprint density at radius 1 is 0.971 bits per heavy atom. The van der Waals surface area contributed by atoms with Crippen LogP contribution in [-0.4, -0.2) is 75.9 Å². The second kappa shape index (κ2) is 9.26. The number of hydrogen-bond acceptors (Lipinski definition) is 6. The molecule has 1 aromatic heterocycles. The van der Waals surface area contributed by atoms with Gasteiger partial charge in [-0.2, -0.15) is 0 Å². The lowest BCUT2D eigenvalue weighted by atomic mass is 9.85. The van der Waals surface area contributed by atoms with Gasteiger partial charge in [-0.1, -0.05) is 24.3 Å². The van der Waals surface area contributed by atoms with E-state index < -0.39 is 5.54 Å². The van der Waals surface area contributed by atoms with Crippen LogP contribution in [0.25, 0.3) is 11.0 Å². The fourth-order valence-electron chi connectivity index (χ4n) is 5.27. The van der Waals surface area contributed by atoms with Crippen molar-refractivity contribution in [2.24, 2.45) is 0 Å². The van der Waals surface area contributed by atoms with E-state index in [1.807, 2.05) is 55.5 Å². The third-order valence-corrected chi connectivity index (χ3v) is 7.42. The third kappa shape index (κ3) is 4.23. The summed E-state index contributed by atoms with van der Waals surface area (Å²) >= 11 is 0. The number of amides is 3. The molecule has 2 aliphatic rings. The van der Waals surface area contributed by atoms with E-state index in [4.69, 9.17) is 14.7 Å². The molecule has 3 heterocycles. The number of nitrogens with zero attached hydrogens (tertiary/aromatic N) is 5. The molecule has 182 valence electrons. The monoisotopic (exact) mass is 473 g/mol. The van der Waals surface area contributed by atoms with Crippen molar-refractivity contribution in [1.29, 1.82) is 0 Å². The van der Waals surface area contributed by atoms with Crippen LogP contribution < -0.4 is 4.74 Å². The van der Waals surface area contributed by atoms with Gasteiger partial charge in [-0.05, 0) is 56.0 Å². The first-order chi connectivity index (χ1) is 16.9. The number of rotatable bonds is 6. The second-order valence-corrected chi connectivity index (χ2v) is 9.45. The maximum Gasteiger partial charge on any atom is 0.327 e. The smallest absolute Gasteiger partial charge is 0.327 e. The Hall–Kier alpha value is -3.52. The fraction of sp³-hybridized carbons (Fsp3) is 0.407. The van der Waals surface area contributed by atoms with Crippen LogP contribution in [0.1, 0.15) is 29.8 Å². The van der Waals surface area contributed by atoms with E-state index in [9.17, 15) is 9.59 Å². The standard InChI is InChI=1S/C27H31N5O3/c1-19-24(29-23-7-5-4-6-22(23)28-19)18-31-16-13-27(14-17-31)25(33)30(2)26(34)32(27)15-12-20-8-10-21(35-3)11-9-20/h4-11H,12-18H2,1-3H3. The zero-order chi connectivity index (χ0) is 24.6. The van der Waals surface area contributed by atoms with Crippen molar-refractivity contribution < 1.29 is 14.3 Å². The molecule has 3 aromatic rings. The number of carbonyl (C=O) groups is 2. The number of para-hydroxylation sites is 2. The van der Waals surface area contributed by atoms with Crippen molar-refractivity contribution in [1.82, 2.24) is 24.7 Å². The number of aryl methyl sites for hydroxylation is 1.